The Labute approximate surface area is 107 Å². The lowest BCUT2D eigenvalue weighted by molar-refractivity contribution is 0.579. The first kappa shape index (κ1) is 10.9. The molecule has 4 nitrogen and oxygen atoms in total. The summed E-state index contributed by atoms with van der Waals surface area (Å²) in [6, 6.07) is 12.2. The van der Waals surface area contributed by atoms with E-state index in [9.17, 15) is 4.79 Å². The topological polar surface area (TPSA) is 50.9 Å². The van der Waals surface area contributed by atoms with Crippen LogP contribution < -0.4 is 5.56 Å². The number of nitrogens with one attached hydrogen (secondary N) is 1. The minimum atomic E-state index is -0.186. The van der Waals surface area contributed by atoms with Gasteiger partial charge in [-0.2, -0.15) is 0 Å². The van der Waals surface area contributed by atoms with Crippen molar-refractivity contribution < 1.29 is 4.42 Å². The summed E-state index contributed by atoms with van der Waals surface area (Å²) in [7, 11) is 0. The second kappa shape index (κ2) is 4.23. The van der Waals surface area contributed by atoms with E-state index in [2.05, 4.69) is 5.10 Å². The molecule has 2 aromatic heterocycles. The smallest absolute Gasteiger partial charge is 0.271 e. The molecule has 3 aromatic rings. The molecule has 3 rings (SSSR count). The highest BCUT2D eigenvalue weighted by Gasteiger charge is 2.10. The minimum absolute atomic E-state index is 0.186. The third-order valence-corrected chi connectivity index (χ3v) is 2.92. The van der Waals surface area contributed by atoms with Crippen LogP contribution in [-0.4, -0.2) is 9.78 Å². The zero-order valence-corrected chi connectivity index (χ0v) is 10.0. The molecule has 0 saturated heterocycles. The molecule has 0 aliphatic heterocycles. The van der Waals surface area contributed by atoms with Crippen LogP contribution >= 0.6 is 11.6 Å². The van der Waals surface area contributed by atoms with Crippen molar-refractivity contribution in [3.8, 4) is 17.1 Å². The monoisotopic (exact) mass is 260 g/mol. The van der Waals surface area contributed by atoms with Gasteiger partial charge in [0.15, 0.2) is 5.76 Å². The fourth-order valence-corrected chi connectivity index (χ4v) is 1.99. The lowest BCUT2D eigenvalue weighted by Crippen LogP contribution is -2.13. The van der Waals surface area contributed by atoms with Gasteiger partial charge in [-0.3, -0.25) is 9.89 Å². The van der Waals surface area contributed by atoms with Crippen LogP contribution in [0, 0.1) is 0 Å². The molecule has 0 aliphatic carbocycles. The minimum Gasteiger partial charge on any atom is -0.463 e. The number of nitrogens with zero attached hydrogens (tertiary/aromatic N) is 1. The molecule has 5 heteroatoms. The van der Waals surface area contributed by atoms with Crippen LogP contribution in [-0.2, 0) is 0 Å². The Hall–Kier alpha value is -2.20. The van der Waals surface area contributed by atoms with Crippen LogP contribution in [0.25, 0.3) is 17.1 Å². The maximum Gasteiger partial charge on any atom is 0.271 e. The molecule has 18 heavy (non-hydrogen) atoms. The number of halogens is 1. The van der Waals surface area contributed by atoms with E-state index in [1.165, 1.54) is 10.7 Å². The van der Waals surface area contributed by atoms with Crippen molar-refractivity contribution in [3.05, 3.63) is 64.1 Å². The molecule has 0 saturated carbocycles. The maximum atomic E-state index is 11.9. The molecule has 0 atom stereocenters. The van der Waals surface area contributed by atoms with Gasteiger partial charge in [0.05, 0.1) is 17.0 Å². The van der Waals surface area contributed by atoms with Gasteiger partial charge >= 0.3 is 0 Å². The van der Waals surface area contributed by atoms with E-state index in [0.29, 0.717) is 22.2 Å². The first-order valence-electron chi connectivity index (χ1n) is 5.36. The van der Waals surface area contributed by atoms with Crippen molar-refractivity contribution >= 4 is 11.6 Å². The number of benzene rings is 1. The summed E-state index contributed by atoms with van der Waals surface area (Å²) >= 11 is 6.06. The predicted octanol–water partition coefficient (Wildman–Crippen LogP) is 3.08. The van der Waals surface area contributed by atoms with E-state index in [0.717, 1.165) is 0 Å². The number of hydrogen-bond donors (Lipinski definition) is 1. The molecule has 0 amide bonds. The van der Waals surface area contributed by atoms with Crippen molar-refractivity contribution in [3.63, 3.8) is 0 Å². The summed E-state index contributed by atoms with van der Waals surface area (Å²) < 4.78 is 6.63. The van der Waals surface area contributed by atoms with Crippen molar-refractivity contribution in [2.24, 2.45) is 0 Å². The molecule has 0 aliphatic rings. The number of aromatic amines is 1. The van der Waals surface area contributed by atoms with E-state index >= 15 is 0 Å². The second-order valence-corrected chi connectivity index (χ2v) is 4.18. The molecule has 1 aromatic carbocycles. The Morgan fingerprint density at radius 1 is 1.17 bits per heavy atom. The average molecular weight is 261 g/mol. The molecule has 90 valence electrons. The summed E-state index contributed by atoms with van der Waals surface area (Å²) in [5.74, 6) is 0.609. The van der Waals surface area contributed by atoms with Gasteiger partial charge in [-0.1, -0.05) is 23.7 Å². The van der Waals surface area contributed by atoms with E-state index in [4.69, 9.17) is 16.0 Å². The number of furan rings is 1. The molecule has 1 N–H and O–H groups in total. The summed E-state index contributed by atoms with van der Waals surface area (Å²) in [5, 5.41) is 3.47. The van der Waals surface area contributed by atoms with E-state index in [-0.39, 0.29) is 5.56 Å². The Bertz CT molecular complexity index is 726. The largest absolute Gasteiger partial charge is 0.463 e. The van der Waals surface area contributed by atoms with Gasteiger partial charge in [0.1, 0.15) is 5.69 Å². The van der Waals surface area contributed by atoms with Crippen molar-refractivity contribution in [1.29, 1.82) is 0 Å². The molecule has 0 radical (unpaired) electrons. The highest BCUT2D eigenvalue weighted by atomic mass is 35.5. The van der Waals surface area contributed by atoms with E-state index in [1.54, 1.807) is 30.5 Å². The highest BCUT2D eigenvalue weighted by Crippen LogP contribution is 2.20. The normalized spacial score (nSPS) is 10.7. The Balaban J connectivity index is 2.15. The van der Waals surface area contributed by atoms with Crippen LogP contribution in [0.4, 0.5) is 0 Å². The van der Waals surface area contributed by atoms with E-state index in [1.807, 2.05) is 12.1 Å². The third kappa shape index (κ3) is 1.76. The molecular weight excluding hydrogens is 252 g/mol. The number of para-hydroxylation sites is 1. The van der Waals surface area contributed by atoms with Crippen LogP contribution in [0.15, 0.2) is 57.9 Å². The van der Waals surface area contributed by atoms with Gasteiger partial charge in [0.2, 0.25) is 0 Å². The van der Waals surface area contributed by atoms with Crippen LogP contribution in [0.5, 0.6) is 0 Å². The first-order chi connectivity index (χ1) is 8.75. The van der Waals surface area contributed by atoms with E-state index < -0.39 is 0 Å². The number of H-pyrrole nitrogens is 1. The van der Waals surface area contributed by atoms with Crippen molar-refractivity contribution in [1.82, 2.24) is 9.78 Å². The number of aromatic nitrogens is 2. The molecule has 0 bridgehead atoms. The van der Waals surface area contributed by atoms with Gasteiger partial charge in [-0.25, -0.2) is 4.68 Å². The van der Waals surface area contributed by atoms with Crippen LogP contribution in [0.2, 0.25) is 5.02 Å². The summed E-state index contributed by atoms with van der Waals surface area (Å²) in [5.41, 5.74) is 1.04. The zero-order chi connectivity index (χ0) is 12.5. The molecule has 0 spiro atoms. The first-order valence-corrected chi connectivity index (χ1v) is 5.74. The van der Waals surface area contributed by atoms with Crippen LogP contribution in [0.1, 0.15) is 0 Å². The Morgan fingerprint density at radius 2 is 2.00 bits per heavy atom. The Kier molecular flexibility index (Phi) is 2.57. The fraction of sp³-hybridized carbons (Fsp3) is 0. The van der Waals surface area contributed by atoms with Crippen molar-refractivity contribution in [2.75, 3.05) is 0 Å². The highest BCUT2D eigenvalue weighted by molar-refractivity contribution is 6.32. The Morgan fingerprint density at radius 3 is 2.72 bits per heavy atom. The van der Waals surface area contributed by atoms with Gasteiger partial charge in [-0.05, 0) is 24.3 Å². The second-order valence-electron chi connectivity index (χ2n) is 3.77. The SMILES string of the molecule is O=c1cc(-c2ccco2)[nH]n1-c1ccccc1Cl. The van der Waals surface area contributed by atoms with Gasteiger partial charge in [0, 0.05) is 6.07 Å². The number of rotatable bonds is 2. The summed E-state index contributed by atoms with van der Waals surface area (Å²) in [4.78, 5) is 11.9. The molecule has 2 heterocycles. The average Bonchev–Trinajstić information content (AvgIpc) is 2.99. The van der Waals surface area contributed by atoms with Gasteiger partial charge in [-0.15, -0.1) is 0 Å². The number of hydrogen-bond acceptors (Lipinski definition) is 2. The lowest BCUT2D eigenvalue weighted by atomic mass is 10.3. The zero-order valence-electron chi connectivity index (χ0n) is 9.26. The fourth-order valence-electron chi connectivity index (χ4n) is 1.77. The quantitative estimate of drug-likeness (QED) is 0.770. The molecule has 0 unspecified atom stereocenters. The third-order valence-electron chi connectivity index (χ3n) is 2.60. The van der Waals surface area contributed by atoms with Crippen molar-refractivity contribution in [2.45, 2.75) is 0 Å². The van der Waals surface area contributed by atoms with Crippen LogP contribution in [0.3, 0.4) is 0 Å². The summed E-state index contributed by atoms with van der Waals surface area (Å²) in [6.07, 6.45) is 1.56. The van der Waals surface area contributed by atoms with Gasteiger partial charge in [0.25, 0.3) is 5.56 Å². The predicted molar refractivity (Wildman–Crippen MR) is 69.1 cm³/mol. The maximum absolute atomic E-state index is 11.9. The standard InChI is InChI=1S/C13H9ClN2O2/c14-9-4-1-2-5-11(9)16-13(17)8-10(15-16)12-6-3-7-18-12/h1-8,15H. The molecule has 0 fully saturated rings. The lowest BCUT2D eigenvalue weighted by Gasteiger charge is -2.03. The summed E-state index contributed by atoms with van der Waals surface area (Å²) in [6.45, 7) is 0. The molecular formula is C13H9ClN2O2. The van der Waals surface area contributed by atoms with Gasteiger partial charge < -0.3 is 4.42 Å².